The smallest absolute Gasteiger partial charge is 0.249 e. The third-order valence-electron chi connectivity index (χ3n) is 14.5. The molecule has 4 N–H and O–H groups in total. The number of rotatable bonds is 37. The molecule has 20 nitrogen and oxygen atoms in total. The minimum absolute atomic E-state index is 0.294. The van der Waals surface area contributed by atoms with Gasteiger partial charge in [0.2, 0.25) is 43.4 Å². The zero-order valence-electron chi connectivity index (χ0n) is 56.4. The monoisotopic (exact) mass is 1200 g/mol. The summed E-state index contributed by atoms with van der Waals surface area (Å²) in [7, 11) is 2.04. The Morgan fingerprint density at radius 1 is 0.294 bits per heavy atom. The van der Waals surface area contributed by atoms with Gasteiger partial charge in [0.25, 0.3) is 0 Å². The quantitative estimate of drug-likeness (QED) is 0.0309. The average Bonchev–Trinajstić information content (AvgIpc) is 1.91. The highest BCUT2D eigenvalue weighted by molar-refractivity contribution is 5.61. The normalized spacial score (nSPS) is 12.3. The van der Waals surface area contributed by atoms with Crippen LogP contribution in [0.15, 0.2) is 38.4 Å². The van der Waals surface area contributed by atoms with Gasteiger partial charge >= 0.3 is 0 Å². The summed E-state index contributed by atoms with van der Waals surface area (Å²) < 4.78 is 22.2. The molecule has 85 heavy (non-hydrogen) atoms. The molecular weight excluding hydrogens is 1080 g/mol. The third-order valence-corrected chi connectivity index (χ3v) is 14.5. The molecule has 4 aromatic carbocycles. The summed E-state index contributed by atoms with van der Waals surface area (Å²) in [5.41, 5.74) is 0.126. The molecule has 4 rings (SSSR count). The van der Waals surface area contributed by atoms with Crippen LogP contribution in [0.5, 0.6) is 0 Å². The van der Waals surface area contributed by atoms with E-state index < -0.39 is 21.7 Å². The second-order valence-electron chi connectivity index (χ2n) is 25.6. The largest absolute Gasteiger partial charge is 0.379 e. The van der Waals surface area contributed by atoms with Gasteiger partial charge in [0.1, 0.15) is 0 Å². The minimum atomic E-state index is -0.402. The van der Waals surface area contributed by atoms with Crippen LogP contribution in [-0.2, 0) is 40.6 Å². The predicted octanol–water partition coefficient (Wildman–Crippen LogP) is 5.79. The molecule has 0 radical (unpaired) electrons. The summed E-state index contributed by atoms with van der Waals surface area (Å²) in [4.78, 5) is 102. The minimum Gasteiger partial charge on any atom is -0.379 e. The standard InChI is InChI=1S/2C17H30N2O3.C16H28N2O3.C15H26N2O3/c2*1-6-9-19(7-2)10-12-22-11-8-18-14-13(17(3,4)5)15(20)16(14)21;1-6-18(7-2)9-11-21-10-8-17-13-12(16(3,4)5)14(19)15(13)20;1-6-17(5)8-10-20-9-7-16-12-11(15(2,3)4)13(18)14(12)19/h2*18H,6-12H2,1-5H3;17H,6-11H2,1-5H3;16H,6-10H2,1-5H3. The Bertz CT molecular complexity index is 2720. The lowest BCUT2D eigenvalue weighted by Gasteiger charge is -2.24. The number of hydrogen-bond acceptors (Lipinski definition) is 20. The zero-order chi connectivity index (χ0) is 64.9. The predicted molar refractivity (Wildman–Crippen MR) is 353 cm³/mol. The molecule has 0 aliphatic rings. The van der Waals surface area contributed by atoms with Crippen LogP contribution in [0.2, 0.25) is 0 Å². The van der Waals surface area contributed by atoms with Crippen molar-refractivity contribution in [3.63, 3.8) is 0 Å². The SMILES string of the molecule is CCCN(CC)CCOCCNc1c(C(C)(C)C)c(=O)c1=O.CCCN(CC)CCOCCNc1c(C(C)(C)C)c(=O)c1=O.CCN(C)CCOCCNc1c(C(C)(C)C)c(=O)c1=O.CCN(CC)CCOCCNc1c(C(C)(C)C)c(=O)c1=O. The van der Waals surface area contributed by atoms with Gasteiger partial charge in [-0.1, -0.05) is 132 Å². The van der Waals surface area contributed by atoms with E-state index in [-0.39, 0.29) is 43.4 Å². The van der Waals surface area contributed by atoms with E-state index in [0.717, 1.165) is 84.8 Å². The topological polar surface area (TPSA) is 235 Å². The number of nitrogens with one attached hydrogen (secondary N) is 4. The molecule has 0 saturated heterocycles. The molecule has 0 saturated carbocycles. The van der Waals surface area contributed by atoms with Gasteiger partial charge in [-0.3, -0.25) is 38.4 Å². The fraction of sp³-hybridized carbons (Fsp3) is 0.754. The maximum atomic E-state index is 11.6. The molecule has 486 valence electrons. The van der Waals surface area contributed by atoms with Crippen molar-refractivity contribution >= 4 is 22.7 Å². The first kappa shape index (κ1) is 78.2. The van der Waals surface area contributed by atoms with E-state index in [9.17, 15) is 38.4 Å². The molecule has 0 aliphatic heterocycles. The van der Waals surface area contributed by atoms with Crippen molar-refractivity contribution in [3.05, 3.63) is 104 Å². The number of likely N-dealkylation sites (N-methyl/N-ethyl adjacent to an activating group) is 4. The highest BCUT2D eigenvalue weighted by Gasteiger charge is 2.33. The summed E-state index contributed by atoms with van der Waals surface area (Å²) >= 11 is 0. The maximum Gasteiger partial charge on any atom is 0.249 e. The Labute approximate surface area is 508 Å². The molecule has 0 aliphatic carbocycles. The summed E-state index contributed by atoms with van der Waals surface area (Å²) in [6.07, 6.45) is 2.30. The number of ether oxygens (including phenoxy) is 4. The van der Waals surface area contributed by atoms with Crippen LogP contribution in [-0.4, -0.2) is 178 Å². The van der Waals surface area contributed by atoms with E-state index in [0.29, 0.717) is 124 Å². The number of hydrogen-bond donors (Lipinski definition) is 4. The number of anilines is 4. The molecule has 0 atom stereocenters. The summed E-state index contributed by atoms with van der Waals surface area (Å²) in [5.74, 6) is 0. The summed E-state index contributed by atoms with van der Waals surface area (Å²) in [6.45, 7) is 56.3. The van der Waals surface area contributed by atoms with Crippen molar-refractivity contribution in [1.82, 2.24) is 19.6 Å². The zero-order valence-corrected chi connectivity index (χ0v) is 56.4. The van der Waals surface area contributed by atoms with Crippen molar-refractivity contribution in [1.29, 1.82) is 0 Å². The Morgan fingerprint density at radius 2 is 0.518 bits per heavy atom. The molecule has 20 heteroatoms. The van der Waals surface area contributed by atoms with Crippen LogP contribution in [0.3, 0.4) is 0 Å². The first-order valence-corrected chi connectivity index (χ1v) is 31.2. The molecule has 0 heterocycles. The van der Waals surface area contributed by atoms with Crippen LogP contribution in [0.4, 0.5) is 22.7 Å². The van der Waals surface area contributed by atoms with Crippen molar-refractivity contribution in [2.75, 3.05) is 179 Å². The van der Waals surface area contributed by atoms with Crippen LogP contribution in [0.1, 0.15) is 167 Å². The molecule has 0 bridgehead atoms. The second-order valence-corrected chi connectivity index (χ2v) is 25.6. The molecule has 0 amide bonds. The lowest BCUT2D eigenvalue weighted by molar-refractivity contribution is 0.112. The Kier molecular flexibility index (Phi) is 35.4. The van der Waals surface area contributed by atoms with Gasteiger partial charge in [-0.25, -0.2) is 0 Å². The average molecular weight is 1200 g/mol. The molecule has 0 spiro atoms. The van der Waals surface area contributed by atoms with Crippen LogP contribution < -0.4 is 64.7 Å². The van der Waals surface area contributed by atoms with Gasteiger partial charge in [-0.15, -0.1) is 0 Å². The molecule has 0 unspecified atom stereocenters. The molecular formula is C65H114N8O12. The first-order chi connectivity index (χ1) is 39.8. The van der Waals surface area contributed by atoms with Gasteiger partial charge < -0.3 is 59.8 Å². The summed E-state index contributed by atoms with van der Waals surface area (Å²) in [5, 5.41) is 12.2. The molecule has 4 aromatic rings. The fourth-order valence-electron chi connectivity index (χ4n) is 9.49. The van der Waals surface area contributed by atoms with Gasteiger partial charge in [-0.2, -0.15) is 0 Å². The van der Waals surface area contributed by atoms with Crippen molar-refractivity contribution in [2.24, 2.45) is 0 Å². The van der Waals surface area contributed by atoms with E-state index in [2.05, 4.69) is 89.3 Å². The van der Waals surface area contributed by atoms with Crippen molar-refractivity contribution in [2.45, 2.75) is 166 Å². The Hall–Kier alpha value is -4.80. The summed E-state index contributed by atoms with van der Waals surface area (Å²) in [6, 6.07) is 0. The van der Waals surface area contributed by atoms with E-state index in [1.807, 2.05) is 90.1 Å². The maximum absolute atomic E-state index is 11.6. The van der Waals surface area contributed by atoms with Gasteiger partial charge in [0.15, 0.2) is 0 Å². The second kappa shape index (κ2) is 38.5. The Balaban J connectivity index is 0.000000567. The lowest BCUT2D eigenvalue weighted by atomic mass is 9.82. The highest BCUT2D eigenvalue weighted by atomic mass is 16.5. The van der Waals surface area contributed by atoms with Crippen molar-refractivity contribution < 1.29 is 18.9 Å². The van der Waals surface area contributed by atoms with Gasteiger partial charge in [0.05, 0.1) is 75.6 Å². The van der Waals surface area contributed by atoms with Crippen LogP contribution >= 0.6 is 0 Å². The molecule has 0 aromatic heterocycles. The van der Waals surface area contributed by atoms with Gasteiger partial charge in [-0.05, 0) is 87.4 Å². The van der Waals surface area contributed by atoms with E-state index in [4.69, 9.17) is 18.9 Å². The highest BCUT2D eigenvalue weighted by Crippen LogP contribution is 2.28. The van der Waals surface area contributed by atoms with E-state index >= 15 is 0 Å². The van der Waals surface area contributed by atoms with Crippen LogP contribution in [0.25, 0.3) is 0 Å². The Morgan fingerprint density at radius 3 is 0.718 bits per heavy atom. The van der Waals surface area contributed by atoms with Crippen LogP contribution in [0, 0.1) is 0 Å². The fourth-order valence-corrected chi connectivity index (χ4v) is 9.49. The lowest BCUT2D eigenvalue weighted by Crippen LogP contribution is -2.43. The molecule has 0 fully saturated rings. The van der Waals surface area contributed by atoms with Crippen molar-refractivity contribution in [3.8, 4) is 0 Å². The number of nitrogens with zero attached hydrogens (tertiary/aromatic N) is 4. The third kappa shape index (κ3) is 25.8. The van der Waals surface area contributed by atoms with Gasteiger partial charge in [0, 0.05) is 74.6 Å². The first-order valence-electron chi connectivity index (χ1n) is 31.2. The van der Waals surface area contributed by atoms with E-state index in [1.165, 1.54) is 0 Å². The van der Waals surface area contributed by atoms with E-state index in [1.54, 1.807) is 0 Å².